The number of aliphatic carboxylic acids is 1. The molecule has 3 aromatic heterocycles. The molecule has 1 aliphatic rings. The Bertz CT molecular complexity index is 1510. The lowest BCUT2D eigenvalue weighted by molar-refractivity contribution is -0.134. The second-order valence-electron chi connectivity index (χ2n) is 7.65. The number of allylic oxidation sites excluding steroid dienone is 1. The Labute approximate surface area is 199 Å². The molecule has 10 heteroatoms. The number of fused-ring (bicyclic) bond motifs is 1. The van der Waals surface area contributed by atoms with Crippen molar-refractivity contribution in [3.05, 3.63) is 95.4 Å². The van der Waals surface area contributed by atoms with Crippen molar-refractivity contribution < 1.29 is 24.2 Å². The molecule has 174 valence electrons. The minimum absolute atomic E-state index is 0.102. The largest absolute Gasteiger partial charge is 0.486 e. The maximum Gasteiger partial charge on any atom is 0.345 e. The predicted octanol–water partition coefficient (Wildman–Crippen LogP) is 3.59. The molecule has 10 nitrogen and oxygen atoms in total. The number of rotatable bonds is 7. The van der Waals surface area contributed by atoms with Crippen LogP contribution < -0.4 is 10.1 Å². The summed E-state index contributed by atoms with van der Waals surface area (Å²) in [5.74, 6) is -1.23. The lowest BCUT2D eigenvalue weighted by Gasteiger charge is -2.13. The van der Waals surface area contributed by atoms with Gasteiger partial charge in [0.2, 0.25) is 11.7 Å². The monoisotopic (exact) mass is 469 g/mol. The molecular formula is C25H19N5O5. The first-order chi connectivity index (χ1) is 17.0. The first-order valence-corrected chi connectivity index (χ1v) is 10.6. The number of pyridine rings is 1. The quantitative estimate of drug-likeness (QED) is 0.274. The SMILES string of the molecule is Cc1cc(OCc2ncccn2)ccc1NC1=C(C(=O)O)C(=O)/C(=C/c2c[nH]c3ncccc23)O1. The summed E-state index contributed by atoms with van der Waals surface area (Å²) in [4.78, 5) is 40.1. The molecule has 35 heavy (non-hydrogen) atoms. The number of Topliss-reactive ketones (excluding diaryl/α,β-unsaturated/α-hetero) is 1. The van der Waals surface area contributed by atoms with Crippen LogP contribution in [0.25, 0.3) is 17.1 Å². The Hall–Kier alpha value is -4.99. The third-order valence-corrected chi connectivity index (χ3v) is 5.31. The molecule has 3 N–H and O–H groups in total. The van der Waals surface area contributed by atoms with Crippen LogP contribution in [-0.4, -0.2) is 36.8 Å². The normalized spacial score (nSPS) is 14.4. The summed E-state index contributed by atoms with van der Waals surface area (Å²) >= 11 is 0. The molecule has 0 saturated heterocycles. The number of carbonyl (C=O) groups is 2. The molecule has 5 rings (SSSR count). The molecule has 0 radical (unpaired) electrons. The number of ketones is 1. The van der Waals surface area contributed by atoms with Crippen molar-refractivity contribution in [2.24, 2.45) is 0 Å². The van der Waals surface area contributed by atoms with Crippen molar-refractivity contribution in [2.45, 2.75) is 13.5 Å². The predicted molar refractivity (Wildman–Crippen MR) is 126 cm³/mol. The van der Waals surface area contributed by atoms with Crippen LogP contribution >= 0.6 is 0 Å². The van der Waals surface area contributed by atoms with E-state index in [1.165, 1.54) is 6.08 Å². The summed E-state index contributed by atoms with van der Waals surface area (Å²) in [6, 6.07) is 10.5. The second kappa shape index (κ2) is 9.10. The molecule has 0 unspecified atom stereocenters. The van der Waals surface area contributed by atoms with E-state index in [2.05, 4.69) is 25.3 Å². The van der Waals surface area contributed by atoms with E-state index in [0.29, 0.717) is 28.5 Å². The van der Waals surface area contributed by atoms with E-state index in [0.717, 1.165) is 10.9 Å². The Balaban J connectivity index is 1.36. The minimum Gasteiger partial charge on any atom is -0.486 e. The Morgan fingerprint density at radius 1 is 1.17 bits per heavy atom. The first kappa shape index (κ1) is 21.8. The summed E-state index contributed by atoms with van der Waals surface area (Å²) < 4.78 is 11.4. The number of nitrogens with one attached hydrogen (secondary N) is 2. The number of aromatic nitrogens is 4. The van der Waals surface area contributed by atoms with Gasteiger partial charge in [0, 0.05) is 41.4 Å². The fourth-order valence-electron chi connectivity index (χ4n) is 3.59. The third kappa shape index (κ3) is 4.44. The van der Waals surface area contributed by atoms with Crippen LogP contribution in [0.5, 0.6) is 5.75 Å². The van der Waals surface area contributed by atoms with Crippen LogP contribution in [0.15, 0.2) is 78.4 Å². The number of carboxylic acid groups (broad SMARTS) is 1. The number of ether oxygens (including phenoxy) is 2. The number of hydrogen-bond donors (Lipinski definition) is 3. The van der Waals surface area contributed by atoms with Gasteiger partial charge in [0.05, 0.1) is 0 Å². The molecule has 1 aliphatic heterocycles. The number of aromatic amines is 1. The molecule has 0 atom stereocenters. The number of anilines is 1. The van der Waals surface area contributed by atoms with Gasteiger partial charge in [-0.05, 0) is 55.0 Å². The highest BCUT2D eigenvalue weighted by molar-refractivity contribution is 6.26. The van der Waals surface area contributed by atoms with Gasteiger partial charge < -0.3 is 24.9 Å². The first-order valence-electron chi connectivity index (χ1n) is 10.6. The molecular weight excluding hydrogens is 450 g/mol. The Morgan fingerprint density at radius 3 is 2.74 bits per heavy atom. The summed E-state index contributed by atoms with van der Waals surface area (Å²) in [7, 11) is 0. The van der Waals surface area contributed by atoms with Gasteiger partial charge in [-0.3, -0.25) is 4.79 Å². The Morgan fingerprint density at radius 2 is 1.97 bits per heavy atom. The van der Waals surface area contributed by atoms with E-state index in [-0.39, 0.29) is 18.2 Å². The maximum atomic E-state index is 12.8. The number of nitrogens with zero attached hydrogens (tertiary/aromatic N) is 3. The molecule has 0 spiro atoms. The average Bonchev–Trinajstić information content (AvgIpc) is 3.40. The molecule has 0 fully saturated rings. The van der Waals surface area contributed by atoms with Crippen molar-refractivity contribution in [3.63, 3.8) is 0 Å². The molecule has 0 aliphatic carbocycles. The summed E-state index contributed by atoms with van der Waals surface area (Å²) in [6.07, 6.45) is 8.09. The molecule has 0 bridgehead atoms. The number of hydrogen-bond acceptors (Lipinski definition) is 8. The molecule has 1 aromatic carbocycles. The van der Waals surface area contributed by atoms with E-state index in [1.807, 2.05) is 13.0 Å². The molecule has 0 saturated carbocycles. The molecule has 4 heterocycles. The van der Waals surface area contributed by atoms with Crippen LogP contribution in [0.3, 0.4) is 0 Å². The van der Waals surface area contributed by atoms with Crippen molar-refractivity contribution in [1.82, 2.24) is 19.9 Å². The van der Waals surface area contributed by atoms with Gasteiger partial charge in [0.25, 0.3) is 0 Å². The van der Waals surface area contributed by atoms with Gasteiger partial charge in [-0.25, -0.2) is 19.7 Å². The lowest BCUT2D eigenvalue weighted by Crippen LogP contribution is -2.12. The molecule has 4 aromatic rings. The number of H-pyrrole nitrogens is 1. The highest BCUT2D eigenvalue weighted by atomic mass is 16.5. The van der Waals surface area contributed by atoms with E-state index >= 15 is 0 Å². The second-order valence-corrected chi connectivity index (χ2v) is 7.65. The highest BCUT2D eigenvalue weighted by Gasteiger charge is 2.36. The van der Waals surface area contributed by atoms with Crippen molar-refractivity contribution >= 4 is 34.5 Å². The maximum absolute atomic E-state index is 12.8. The van der Waals surface area contributed by atoms with Gasteiger partial charge in [-0.1, -0.05) is 0 Å². The highest BCUT2D eigenvalue weighted by Crippen LogP contribution is 2.31. The van der Waals surface area contributed by atoms with Crippen LogP contribution in [-0.2, 0) is 20.9 Å². The Kier molecular flexibility index (Phi) is 5.68. The number of carbonyl (C=O) groups excluding carboxylic acids is 1. The number of benzene rings is 1. The van der Waals surface area contributed by atoms with Gasteiger partial charge in [-0.15, -0.1) is 0 Å². The summed E-state index contributed by atoms with van der Waals surface area (Å²) in [5.41, 5.74) is 2.14. The standard InChI is InChI=1S/C25H19N5O5/c1-14-10-16(34-13-20-26-8-3-9-27-20)5-6-18(14)30-24-21(25(32)33)22(31)19(35-24)11-15-12-29-23-17(15)4-2-7-28-23/h2-12,30H,13H2,1H3,(H,28,29)(H,32,33)/b19-11-. The topological polar surface area (TPSA) is 139 Å². The van der Waals surface area contributed by atoms with Gasteiger partial charge in [0.15, 0.2) is 17.2 Å². The lowest BCUT2D eigenvalue weighted by atomic mass is 10.1. The van der Waals surface area contributed by atoms with Crippen LogP contribution in [0.2, 0.25) is 0 Å². The fourth-order valence-corrected chi connectivity index (χ4v) is 3.59. The average molecular weight is 469 g/mol. The van der Waals surface area contributed by atoms with Crippen molar-refractivity contribution in [3.8, 4) is 5.75 Å². The fraction of sp³-hybridized carbons (Fsp3) is 0.0800. The van der Waals surface area contributed by atoms with E-state index in [4.69, 9.17) is 9.47 Å². The van der Waals surface area contributed by atoms with E-state index in [1.54, 1.807) is 55.1 Å². The van der Waals surface area contributed by atoms with E-state index in [9.17, 15) is 14.7 Å². The van der Waals surface area contributed by atoms with Crippen LogP contribution in [0.1, 0.15) is 17.0 Å². The van der Waals surface area contributed by atoms with Gasteiger partial charge >= 0.3 is 5.97 Å². The zero-order valence-corrected chi connectivity index (χ0v) is 18.5. The molecule has 0 amide bonds. The summed E-state index contributed by atoms with van der Waals surface area (Å²) in [5, 5.41) is 13.4. The zero-order valence-electron chi connectivity index (χ0n) is 18.5. The summed E-state index contributed by atoms with van der Waals surface area (Å²) in [6.45, 7) is 2.03. The van der Waals surface area contributed by atoms with Gasteiger partial charge in [-0.2, -0.15) is 0 Å². The van der Waals surface area contributed by atoms with Crippen molar-refractivity contribution in [2.75, 3.05) is 5.32 Å². The van der Waals surface area contributed by atoms with Gasteiger partial charge in [0.1, 0.15) is 18.0 Å². The minimum atomic E-state index is -1.39. The van der Waals surface area contributed by atoms with Crippen LogP contribution in [0, 0.1) is 6.92 Å². The zero-order chi connectivity index (χ0) is 24.4. The van der Waals surface area contributed by atoms with Crippen LogP contribution in [0.4, 0.5) is 5.69 Å². The number of carboxylic acids is 1. The van der Waals surface area contributed by atoms with Crippen molar-refractivity contribution in [1.29, 1.82) is 0 Å². The smallest absolute Gasteiger partial charge is 0.345 e. The number of aryl methyl sites for hydroxylation is 1. The van der Waals surface area contributed by atoms with E-state index < -0.39 is 17.3 Å². The third-order valence-electron chi connectivity index (χ3n) is 5.31.